The number of alkyl halides is 34. The van der Waals surface area contributed by atoms with Crippen molar-refractivity contribution in [1.82, 2.24) is 0 Å². The van der Waals surface area contributed by atoms with Gasteiger partial charge in [0.2, 0.25) is 0 Å². The lowest BCUT2D eigenvalue weighted by Gasteiger charge is -2.42. The topological polar surface area (TPSA) is 90.9 Å². The fourth-order valence-corrected chi connectivity index (χ4v) is 6.94. The van der Waals surface area contributed by atoms with Crippen LogP contribution < -0.4 is 0 Å². The summed E-state index contributed by atoms with van der Waals surface area (Å²) in [7, 11) is -5.74. The number of halogens is 34. The molecule has 0 radical (unpaired) electrons. The maximum absolute atomic E-state index is 15.7. The molecule has 0 heterocycles. The smallest absolute Gasteiger partial charge is 0.458 e. The molecule has 0 N–H and O–H groups in total. The van der Waals surface area contributed by atoms with E-state index < -0.39 is 150 Å². The molecule has 0 aromatic heterocycles. The van der Waals surface area contributed by atoms with Crippen LogP contribution in [0.1, 0.15) is 27.2 Å². The van der Waals surface area contributed by atoms with E-state index in [1.165, 1.54) is 4.74 Å². The highest BCUT2D eigenvalue weighted by atomic mass is 28.4. The second-order valence-electron chi connectivity index (χ2n) is 12.5. The SMILES string of the molecule is CCO[Si](CC(CC(F)(OC(F)(F)C(F)(OC(F)(F)C(F)(F)C(F)(F)F)C(F)(F)F)C(F)(F)F)OC(=O)C(F)(OC(F)(F)C(F)(OC(F)(F)C(F)(F)C(F)(F)F)C(F)(F)F)C(F)(F)F)(OCC)OCC. The van der Waals surface area contributed by atoms with Crippen LogP contribution in [0.5, 0.6) is 0 Å². The number of ether oxygens (including phenoxy) is 5. The second kappa shape index (κ2) is 20.0. The van der Waals surface area contributed by atoms with E-state index in [9.17, 15) is 145 Å². The van der Waals surface area contributed by atoms with Gasteiger partial charge < -0.3 is 18.0 Å². The third-order valence-electron chi connectivity index (χ3n) is 7.40. The molecule has 70 heavy (non-hydrogen) atoms. The van der Waals surface area contributed by atoms with Gasteiger partial charge in [0, 0.05) is 19.8 Å². The standard InChI is InChI=1S/C26H20F34O9Si/c1-4-62-70(63-5-2,64-6-3)8-9(7-11(27,17(35,36)37)66-25(57,58)15(33,21(47,48)49)68-23(53,54)13(29,30)19(41,42)43)65-10(61)12(28,18(38,39)40)67-26(59,60)16(34,22(50,51)52)69-24(55,56)14(31,32)20(44,45)46/h9H,4-8H2,1-3H3. The first-order valence-electron chi connectivity index (χ1n) is 16.6. The van der Waals surface area contributed by atoms with E-state index in [1.807, 2.05) is 4.74 Å². The van der Waals surface area contributed by atoms with Crippen molar-refractivity contribution in [3.8, 4) is 0 Å². The van der Waals surface area contributed by atoms with Gasteiger partial charge in [-0.05, 0) is 20.8 Å². The molecule has 0 aromatic carbocycles. The molecule has 0 amide bonds. The number of hydrogen-bond acceptors (Lipinski definition) is 9. The largest absolute Gasteiger partial charge is 0.504 e. The summed E-state index contributed by atoms with van der Waals surface area (Å²) in [5.41, 5.74) is 0. The van der Waals surface area contributed by atoms with E-state index in [2.05, 4.69) is 4.74 Å². The molecular weight excluding hydrogens is 1130 g/mol. The van der Waals surface area contributed by atoms with Crippen LogP contribution in [-0.2, 0) is 41.8 Å². The summed E-state index contributed by atoms with van der Waals surface area (Å²) in [6.07, 6.45) is -92.7. The van der Waals surface area contributed by atoms with Crippen molar-refractivity contribution < 1.29 is 191 Å². The van der Waals surface area contributed by atoms with E-state index in [1.54, 1.807) is 4.74 Å². The molecule has 5 unspecified atom stereocenters. The summed E-state index contributed by atoms with van der Waals surface area (Å²) in [5.74, 6) is -55.0. The Hall–Kier alpha value is -2.97. The lowest BCUT2D eigenvalue weighted by atomic mass is 10.1. The third kappa shape index (κ3) is 13.0. The van der Waals surface area contributed by atoms with Crippen LogP contribution in [0.15, 0.2) is 0 Å². The summed E-state index contributed by atoms with van der Waals surface area (Å²) < 4.78 is 489. The molecule has 0 rings (SSSR count). The molecule has 0 aliphatic rings. The lowest BCUT2D eigenvalue weighted by Crippen LogP contribution is -2.68. The number of rotatable bonds is 24. The zero-order chi connectivity index (χ0) is 56.8. The molecular formula is C26H20F34O9Si. The highest BCUT2D eigenvalue weighted by Crippen LogP contribution is 2.59. The fourth-order valence-electron chi connectivity index (χ4n) is 4.23. The molecule has 5 atom stereocenters. The van der Waals surface area contributed by atoms with Gasteiger partial charge >= 0.3 is 112 Å². The van der Waals surface area contributed by atoms with E-state index in [4.69, 9.17) is 13.3 Å². The minimum absolute atomic E-state index is 0.682. The van der Waals surface area contributed by atoms with Crippen LogP contribution in [0.3, 0.4) is 0 Å². The number of hydrogen-bond donors (Lipinski definition) is 0. The molecule has 0 fully saturated rings. The number of carbonyl (C=O) groups is 1. The summed E-state index contributed by atoms with van der Waals surface area (Å²) in [6.45, 7) is -1.36. The van der Waals surface area contributed by atoms with E-state index in [0.29, 0.717) is 20.8 Å². The van der Waals surface area contributed by atoms with Crippen molar-refractivity contribution in [2.75, 3.05) is 19.8 Å². The maximum atomic E-state index is 15.7. The molecule has 0 aromatic rings. The van der Waals surface area contributed by atoms with E-state index >= 15 is 8.78 Å². The normalized spacial score (nSPS) is 19.2. The van der Waals surface area contributed by atoms with Crippen LogP contribution in [0.25, 0.3) is 0 Å². The Morgan fingerprint density at radius 1 is 0.386 bits per heavy atom. The highest BCUT2D eigenvalue weighted by Gasteiger charge is 2.87. The maximum Gasteiger partial charge on any atom is 0.504 e. The monoisotopic (exact) mass is 1150 g/mol. The fraction of sp³-hybridized carbons (Fsp3) is 0.962. The van der Waals surface area contributed by atoms with Gasteiger partial charge in [0.25, 0.3) is 0 Å². The van der Waals surface area contributed by atoms with Gasteiger partial charge in [-0.25, -0.2) is 9.18 Å². The van der Waals surface area contributed by atoms with Gasteiger partial charge in [-0.3, -0.25) is 18.9 Å². The summed E-state index contributed by atoms with van der Waals surface area (Å²) in [4.78, 5) is 12.5. The molecule has 0 aliphatic heterocycles. The van der Waals surface area contributed by atoms with Gasteiger partial charge in [0.05, 0.1) is 12.5 Å². The summed E-state index contributed by atoms with van der Waals surface area (Å²) in [6, 6.07) is -2.70. The number of esters is 1. The Morgan fingerprint density at radius 2 is 0.686 bits per heavy atom. The average molecular weight is 1150 g/mol. The Kier molecular flexibility index (Phi) is 19.2. The molecule has 420 valence electrons. The Labute approximate surface area is 362 Å². The quantitative estimate of drug-likeness (QED) is 0.0532. The molecule has 0 aliphatic carbocycles. The molecule has 0 saturated heterocycles. The zero-order valence-corrected chi connectivity index (χ0v) is 33.6. The van der Waals surface area contributed by atoms with Crippen LogP contribution in [0, 0.1) is 0 Å². The van der Waals surface area contributed by atoms with E-state index in [-0.39, 0.29) is 0 Å². The highest BCUT2D eigenvalue weighted by molar-refractivity contribution is 6.60. The summed E-state index contributed by atoms with van der Waals surface area (Å²) in [5, 5.41) is 0. The molecule has 44 heteroatoms. The van der Waals surface area contributed by atoms with E-state index in [0.717, 1.165) is 4.74 Å². The van der Waals surface area contributed by atoms with Crippen molar-refractivity contribution in [3.63, 3.8) is 0 Å². The van der Waals surface area contributed by atoms with Crippen molar-refractivity contribution in [2.24, 2.45) is 0 Å². The van der Waals surface area contributed by atoms with Crippen LogP contribution >= 0.6 is 0 Å². The Balaban J connectivity index is 8.34. The number of carbonyl (C=O) groups excluding carboxylic acids is 1. The molecule has 9 nitrogen and oxygen atoms in total. The van der Waals surface area contributed by atoms with Crippen molar-refractivity contribution in [1.29, 1.82) is 0 Å². The van der Waals surface area contributed by atoms with Crippen molar-refractivity contribution in [2.45, 2.75) is 136 Å². The van der Waals surface area contributed by atoms with Gasteiger partial charge in [-0.1, -0.05) is 0 Å². The first-order chi connectivity index (χ1) is 30.2. The van der Waals surface area contributed by atoms with Crippen LogP contribution in [0.4, 0.5) is 149 Å². The predicted molar refractivity (Wildman–Crippen MR) is 146 cm³/mol. The summed E-state index contributed by atoms with van der Waals surface area (Å²) >= 11 is 0. The predicted octanol–water partition coefficient (Wildman–Crippen LogP) is 12.1. The van der Waals surface area contributed by atoms with Gasteiger partial charge in [0.15, 0.2) is 0 Å². The Bertz CT molecular complexity index is 1730. The van der Waals surface area contributed by atoms with Crippen molar-refractivity contribution >= 4 is 14.8 Å². The second-order valence-corrected chi connectivity index (χ2v) is 15.2. The van der Waals surface area contributed by atoms with Gasteiger partial charge in [-0.2, -0.15) is 145 Å². The average Bonchev–Trinajstić information content (AvgIpc) is 3.07. The third-order valence-corrected chi connectivity index (χ3v) is 10.5. The first kappa shape index (κ1) is 67.0. The first-order valence-corrected chi connectivity index (χ1v) is 18.5. The van der Waals surface area contributed by atoms with Crippen molar-refractivity contribution in [3.05, 3.63) is 0 Å². The van der Waals surface area contributed by atoms with Crippen LogP contribution in [-0.4, -0.2) is 137 Å². The zero-order valence-electron chi connectivity index (χ0n) is 32.6. The molecule has 0 bridgehead atoms. The minimum Gasteiger partial charge on any atom is -0.458 e. The lowest BCUT2D eigenvalue weighted by molar-refractivity contribution is -0.552. The van der Waals surface area contributed by atoms with Gasteiger partial charge in [-0.15, -0.1) is 0 Å². The van der Waals surface area contributed by atoms with Gasteiger partial charge in [0.1, 0.15) is 6.10 Å². The molecule has 0 saturated carbocycles. The minimum atomic E-state index is -8.80. The molecule has 0 spiro atoms. The van der Waals surface area contributed by atoms with Crippen LogP contribution in [0.2, 0.25) is 6.04 Å². The Morgan fingerprint density at radius 3 is 0.929 bits per heavy atom.